The first-order chi connectivity index (χ1) is 10.5. The molecule has 0 aliphatic carbocycles. The van der Waals surface area contributed by atoms with Gasteiger partial charge in [-0.15, -0.1) is 0 Å². The molecule has 0 heterocycles. The number of benzene rings is 2. The molecule has 1 N–H and O–H groups in total. The largest absolute Gasteiger partial charge is 0.455 e. The molecule has 0 aromatic heterocycles. The number of esters is 1. The van der Waals surface area contributed by atoms with Gasteiger partial charge in [0.1, 0.15) is 5.82 Å². The van der Waals surface area contributed by atoms with Crippen molar-refractivity contribution in [1.82, 2.24) is 0 Å². The highest BCUT2D eigenvalue weighted by Crippen LogP contribution is 2.12. The minimum atomic E-state index is -0.536. The fourth-order valence-corrected chi connectivity index (χ4v) is 1.87. The lowest BCUT2D eigenvalue weighted by Gasteiger charge is -2.08. The summed E-state index contributed by atoms with van der Waals surface area (Å²) in [4.78, 5) is 23.4. The number of rotatable bonds is 5. The number of aryl methyl sites for hydroxylation is 1. The highest BCUT2D eigenvalue weighted by atomic mass is 19.1. The monoisotopic (exact) mass is 301 g/mol. The van der Waals surface area contributed by atoms with Gasteiger partial charge >= 0.3 is 5.97 Å². The van der Waals surface area contributed by atoms with Crippen LogP contribution in [0.5, 0.6) is 0 Å². The third-order valence-corrected chi connectivity index (χ3v) is 3.05. The Kier molecular flexibility index (Phi) is 5.25. The number of anilines is 1. The lowest BCUT2D eigenvalue weighted by atomic mass is 10.1. The van der Waals surface area contributed by atoms with E-state index in [0.717, 1.165) is 5.56 Å². The molecule has 0 aliphatic heterocycles. The molecule has 4 nitrogen and oxygen atoms in total. The molecule has 0 fully saturated rings. The maximum atomic E-state index is 12.7. The molecule has 0 spiro atoms. The summed E-state index contributed by atoms with van der Waals surface area (Å²) in [6, 6.07) is 12.9. The zero-order valence-electron chi connectivity index (χ0n) is 12.1. The van der Waals surface area contributed by atoms with E-state index in [-0.39, 0.29) is 18.8 Å². The van der Waals surface area contributed by atoms with Gasteiger partial charge in [-0.2, -0.15) is 0 Å². The quantitative estimate of drug-likeness (QED) is 0.864. The van der Waals surface area contributed by atoms with Crippen molar-refractivity contribution in [2.24, 2.45) is 0 Å². The highest BCUT2D eigenvalue weighted by molar-refractivity contribution is 5.93. The fraction of sp³-hybridized carbons (Fsp3) is 0.176. The van der Waals surface area contributed by atoms with Crippen LogP contribution in [0.25, 0.3) is 0 Å². The van der Waals surface area contributed by atoms with Crippen LogP contribution in [0.4, 0.5) is 10.1 Å². The van der Waals surface area contributed by atoms with Crippen molar-refractivity contribution in [2.45, 2.75) is 13.3 Å². The summed E-state index contributed by atoms with van der Waals surface area (Å²) in [5, 5.41) is 2.67. The number of amides is 1. The maximum Gasteiger partial charge on any atom is 0.310 e. The van der Waals surface area contributed by atoms with E-state index in [0.29, 0.717) is 11.3 Å². The second-order valence-corrected chi connectivity index (χ2v) is 4.83. The molecule has 0 bridgehead atoms. The predicted octanol–water partition coefficient (Wildman–Crippen LogP) is 2.86. The summed E-state index contributed by atoms with van der Waals surface area (Å²) < 4.78 is 17.7. The van der Waals surface area contributed by atoms with Crippen molar-refractivity contribution in [3.8, 4) is 0 Å². The number of para-hydroxylation sites is 1. The van der Waals surface area contributed by atoms with Crippen molar-refractivity contribution in [3.05, 3.63) is 65.5 Å². The Morgan fingerprint density at radius 3 is 2.45 bits per heavy atom. The average Bonchev–Trinajstić information content (AvgIpc) is 2.50. The van der Waals surface area contributed by atoms with Crippen LogP contribution in [0.15, 0.2) is 48.5 Å². The van der Waals surface area contributed by atoms with Crippen molar-refractivity contribution in [3.63, 3.8) is 0 Å². The summed E-state index contributed by atoms with van der Waals surface area (Å²) in [7, 11) is 0. The van der Waals surface area contributed by atoms with Gasteiger partial charge in [-0.1, -0.05) is 30.3 Å². The van der Waals surface area contributed by atoms with E-state index in [1.807, 2.05) is 25.1 Å². The van der Waals surface area contributed by atoms with Crippen LogP contribution in [-0.4, -0.2) is 18.5 Å². The summed E-state index contributed by atoms with van der Waals surface area (Å²) in [5.41, 5.74) is 2.24. The third-order valence-electron chi connectivity index (χ3n) is 3.05. The van der Waals surface area contributed by atoms with Gasteiger partial charge in [-0.05, 0) is 36.2 Å². The van der Waals surface area contributed by atoms with Gasteiger partial charge in [-0.25, -0.2) is 4.39 Å². The molecule has 2 aromatic rings. The van der Waals surface area contributed by atoms with E-state index >= 15 is 0 Å². The zero-order chi connectivity index (χ0) is 15.9. The molecular formula is C17H16FNO3. The van der Waals surface area contributed by atoms with Crippen molar-refractivity contribution < 1.29 is 18.7 Å². The Labute approximate surface area is 127 Å². The summed E-state index contributed by atoms with van der Waals surface area (Å²) in [6.45, 7) is 1.52. The molecule has 114 valence electrons. The number of ether oxygens (including phenoxy) is 1. The van der Waals surface area contributed by atoms with E-state index in [1.165, 1.54) is 24.3 Å². The third kappa shape index (κ3) is 4.70. The zero-order valence-corrected chi connectivity index (χ0v) is 12.1. The lowest BCUT2D eigenvalue weighted by molar-refractivity contribution is -0.146. The molecule has 0 aliphatic rings. The number of hydrogen-bond acceptors (Lipinski definition) is 3. The van der Waals surface area contributed by atoms with Gasteiger partial charge < -0.3 is 10.1 Å². The fourth-order valence-electron chi connectivity index (χ4n) is 1.87. The SMILES string of the molecule is Cc1ccccc1NC(=O)COC(=O)Cc1ccc(F)cc1. The molecule has 1 amide bonds. The molecule has 2 aromatic carbocycles. The number of carbonyl (C=O) groups excluding carboxylic acids is 2. The second-order valence-electron chi connectivity index (χ2n) is 4.83. The molecule has 0 saturated carbocycles. The van der Waals surface area contributed by atoms with Crippen LogP contribution in [-0.2, 0) is 20.7 Å². The number of nitrogens with one attached hydrogen (secondary N) is 1. The minimum absolute atomic E-state index is 0.00206. The predicted molar refractivity (Wildman–Crippen MR) is 80.9 cm³/mol. The normalized spacial score (nSPS) is 10.1. The molecule has 0 saturated heterocycles. The lowest BCUT2D eigenvalue weighted by Crippen LogP contribution is -2.22. The minimum Gasteiger partial charge on any atom is -0.455 e. The Morgan fingerprint density at radius 1 is 1.09 bits per heavy atom. The summed E-state index contributed by atoms with van der Waals surface area (Å²) in [5.74, 6) is -1.30. The molecule has 0 unspecified atom stereocenters. The summed E-state index contributed by atoms with van der Waals surface area (Å²) in [6.07, 6.45) is -0.00206. The van der Waals surface area contributed by atoms with Crippen LogP contribution in [0.1, 0.15) is 11.1 Å². The molecule has 0 radical (unpaired) electrons. The Balaban J connectivity index is 1.79. The second kappa shape index (κ2) is 7.36. The first-order valence-corrected chi connectivity index (χ1v) is 6.80. The van der Waals surface area contributed by atoms with Crippen LogP contribution in [0.3, 0.4) is 0 Å². The van der Waals surface area contributed by atoms with Gasteiger partial charge in [0.2, 0.25) is 0 Å². The Hall–Kier alpha value is -2.69. The van der Waals surface area contributed by atoms with E-state index in [2.05, 4.69) is 5.32 Å². The van der Waals surface area contributed by atoms with Crippen molar-refractivity contribution in [2.75, 3.05) is 11.9 Å². The number of hydrogen-bond donors (Lipinski definition) is 1. The number of halogens is 1. The Morgan fingerprint density at radius 2 is 1.77 bits per heavy atom. The summed E-state index contributed by atoms with van der Waals surface area (Å²) >= 11 is 0. The topological polar surface area (TPSA) is 55.4 Å². The van der Waals surface area contributed by atoms with Gasteiger partial charge in [-0.3, -0.25) is 9.59 Å². The molecule has 22 heavy (non-hydrogen) atoms. The van der Waals surface area contributed by atoms with E-state index < -0.39 is 11.9 Å². The van der Waals surface area contributed by atoms with E-state index in [1.54, 1.807) is 6.07 Å². The van der Waals surface area contributed by atoms with Crippen LogP contribution in [0.2, 0.25) is 0 Å². The standard InChI is InChI=1S/C17H16FNO3/c1-12-4-2-3-5-15(12)19-16(20)11-22-17(21)10-13-6-8-14(18)9-7-13/h2-9H,10-11H2,1H3,(H,19,20). The smallest absolute Gasteiger partial charge is 0.310 e. The van der Waals surface area contributed by atoms with Crippen LogP contribution < -0.4 is 5.32 Å². The first-order valence-electron chi connectivity index (χ1n) is 6.80. The van der Waals surface area contributed by atoms with Gasteiger partial charge in [0.25, 0.3) is 5.91 Å². The van der Waals surface area contributed by atoms with Crippen molar-refractivity contribution in [1.29, 1.82) is 0 Å². The first kappa shape index (κ1) is 15.7. The van der Waals surface area contributed by atoms with Crippen molar-refractivity contribution >= 4 is 17.6 Å². The average molecular weight is 301 g/mol. The molecule has 0 atom stereocenters. The molecular weight excluding hydrogens is 285 g/mol. The van der Waals surface area contributed by atoms with Crippen LogP contribution >= 0.6 is 0 Å². The van der Waals surface area contributed by atoms with Gasteiger partial charge in [0.15, 0.2) is 6.61 Å². The van der Waals surface area contributed by atoms with Gasteiger partial charge in [0.05, 0.1) is 6.42 Å². The number of carbonyl (C=O) groups is 2. The maximum absolute atomic E-state index is 12.7. The Bertz CT molecular complexity index is 668. The van der Waals surface area contributed by atoms with E-state index in [9.17, 15) is 14.0 Å². The van der Waals surface area contributed by atoms with E-state index in [4.69, 9.17) is 4.74 Å². The molecule has 2 rings (SSSR count). The molecule has 5 heteroatoms. The highest BCUT2D eigenvalue weighted by Gasteiger charge is 2.09. The van der Waals surface area contributed by atoms with Crippen LogP contribution in [0, 0.1) is 12.7 Å². The van der Waals surface area contributed by atoms with Gasteiger partial charge in [0, 0.05) is 5.69 Å².